The van der Waals surface area contributed by atoms with Gasteiger partial charge in [-0.1, -0.05) is 11.6 Å². The van der Waals surface area contributed by atoms with E-state index in [0.29, 0.717) is 11.1 Å². The molecule has 1 aromatic rings. The standard InChI is InChI=1S/C13H20BrClN4/c1-10(9-19-5-3-18(2)4-6-19)17-13-12(14)7-11(15)8-16-13/h7-8,10H,3-6,9H2,1-2H3,(H,16,17). The Labute approximate surface area is 128 Å². The number of hydrogen-bond acceptors (Lipinski definition) is 4. The molecule has 19 heavy (non-hydrogen) atoms. The van der Waals surface area contributed by atoms with Gasteiger partial charge in [-0.15, -0.1) is 0 Å². The summed E-state index contributed by atoms with van der Waals surface area (Å²) in [6.07, 6.45) is 1.66. The average molecular weight is 348 g/mol. The average Bonchev–Trinajstić information content (AvgIpc) is 2.36. The lowest BCUT2D eigenvalue weighted by molar-refractivity contribution is 0.151. The Morgan fingerprint density at radius 1 is 1.42 bits per heavy atom. The van der Waals surface area contributed by atoms with Crippen LogP contribution in [-0.4, -0.2) is 60.6 Å². The van der Waals surface area contributed by atoms with E-state index in [1.807, 2.05) is 6.07 Å². The van der Waals surface area contributed by atoms with Gasteiger partial charge in [-0.25, -0.2) is 4.98 Å². The van der Waals surface area contributed by atoms with Crippen LogP contribution in [0.4, 0.5) is 5.82 Å². The lowest BCUT2D eigenvalue weighted by atomic mass is 10.2. The summed E-state index contributed by atoms with van der Waals surface area (Å²) in [6.45, 7) is 7.78. The van der Waals surface area contributed by atoms with E-state index in [-0.39, 0.29) is 0 Å². The number of piperazine rings is 1. The van der Waals surface area contributed by atoms with Gasteiger partial charge in [0.05, 0.1) is 9.50 Å². The van der Waals surface area contributed by atoms with Gasteiger partial charge in [0.25, 0.3) is 0 Å². The quantitative estimate of drug-likeness (QED) is 0.907. The molecule has 0 radical (unpaired) electrons. The summed E-state index contributed by atoms with van der Waals surface area (Å²) < 4.78 is 0.908. The van der Waals surface area contributed by atoms with Crippen LogP contribution in [0.3, 0.4) is 0 Å². The Hall–Kier alpha value is -0.360. The van der Waals surface area contributed by atoms with E-state index in [4.69, 9.17) is 11.6 Å². The first-order valence-electron chi connectivity index (χ1n) is 6.53. The second-order valence-electron chi connectivity index (χ2n) is 5.13. The molecule has 1 aromatic heterocycles. The molecule has 1 aliphatic heterocycles. The normalized spacial score (nSPS) is 19.4. The minimum atomic E-state index is 0.355. The van der Waals surface area contributed by atoms with Gasteiger partial charge < -0.3 is 10.2 Å². The third-order valence-corrected chi connectivity index (χ3v) is 4.13. The van der Waals surface area contributed by atoms with Crippen molar-refractivity contribution < 1.29 is 0 Å². The van der Waals surface area contributed by atoms with E-state index >= 15 is 0 Å². The Kier molecular flexibility index (Phi) is 5.45. The van der Waals surface area contributed by atoms with Crippen LogP contribution in [0.5, 0.6) is 0 Å². The van der Waals surface area contributed by atoms with E-state index in [1.54, 1.807) is 6.20 Å². The minimum absolute atomic E-state index is 0.355. The third kappa shape index (κ3) is 4.60. The highest BCUT2D eigenvalue weighted by molar-refractivity contribution is 9.10. The van der Waals surface area contributed by atoms with Crippen LogP contribution in [0, 0.1) is 0 Å². The molecule has 1 N–H and O–H groups in total. The van der Waals surface area contributed by atoms with E-state index < -0.39 is 0 Å². The largest absolute Gasteiger partial charge is 0.365 e. The van der Waals surface area contributed by atoms with Crippen molar-refractivity contribution in [3.63, 3.8) is 0 Å². The van der Waals surface area contributed by atoms with Crippen molar-refractivity contribution >= 4 is 33.3 Å². The summed E-state index contributed by atoms with van der Waals surface area (Å²) in [5.74, 6) is 0.853. The Balaban J connectivity index is 1.85. The van der Waals surface area contributed by atoms with Crippen molar-refractivity contribution in [1.29, 1.82) is 0 Å². The number of likely N-dealkylation sites (N-methyl/N-ethyl adjacent to an activating group) is 1. The van der Waals surface area contributed by atoms with Crippen molar-refractivity contribution in [3.05, 3.63) is 21.8 Å². The summed E-state index contributed by atoms with van der Waals surface area (Å²) in [5, 5.41) is 4.07. The predicted octanol–water partition coefficient (Wildman–Crippen LogP) is 2.55. The molecule has 0 saturated carbocycles. The van der Waals surface area contributed by atoms with Crippen LogP contribution in [0.25, 0.3) is 0 Å². The maximum atomic E-state index is 5.89. The number of hydrogen-bond donors (Lipinski definition) is 1. The molecule has 4 nitrogen and oxygen atoms in total. The molecule has 106 valence electrons. The molecule has 1 aliphatic rings. The smallest absolute Gasteiger partial charge is 0.140 e. The van der Waals surface area contributed by atoms with Gasteiger partial charge in [0.15, 0.2) is 0 Å². The highest BCUT2D eigenvalue weighted by atomic mass is 79.9. The van der Waals surface area contributed by atoms with E-state index in [1.165, 1.54) is 0 Å². The third-order valence-electron chi connectivity index (χ3n) is 3.32. The molecule has 6 heteroatoms. The molecule has 2 rings (SSSR count). The van der Waals surface area contributed by atoms with Crippen LogP contribution < -0.4 is 5.32 Å². The Morgan fingerprint density at radius 3 is 2.74 bits per heavy atom. The molecule has 0 spiro atoms. The summed E-state index contributed by atoms with van der Waals surface area (Å²) >= 11 is 9.37. The summed E-state index contributed by atoms with van der Waals surface area (Å²) in [5.41, 5.74) is 0. The topological polar surface area (TPSA) is 31.4 Å². The van der Waals surface area contributed by atoms with Gasteiger partial charge in [0, 0.05) is 45.0 Å². The van der Waals surface area contributed by atoms with Crippen molar-refractivity contribution in [2.75, 3.05) is 45.1 Å². The highest BCUT2D eigenvalue weighted by Crippen LogP contribution is 2.23. The monoisotopic (exact) mass is 346 g/mol. The molecule has 1 saturated heterocycles. The van der Waals surface area contributed by atoms with Crippen molar-refractivity contribution in [1.82, 2.24) is 14.8 Å². The molecule has 0 aromatic carbocycles. The number of aromatic nitrogens is 1. The zero-order valence-corrected chi connectivity index (χ0v) is 13.7. The van der Waals surface area contributed by atoms with Crippen LogP contribution in [0.1, 0.15) is 6.92 Å². The van der Waals surface area contributed by atoms with Gasteiger partial charge in [-0.3, -0.25) is 4.90 Å². The van der Waals surface area contributed by atoms with Gasteiger partial charge in [0.1, 0.15) is 5.82 Å². The molecule has 0 aliphatic carbocycles. The molecule has 0 amide bonds. The summed E-state index contributed by atoms with van der Waals surface area (Å²) in [7, 11) is 2.17. The van der Waals surface area contributed by atoms with Crippen LogP contribution in [0.2, 0.25) is 5.02 Å². The van der Waals surface area contributed by atoms with E-state index in [0.717, 1.165) is 43.0 Å². The van der Waals surface area contributed by atoms with E-state index in [9.17, 15) is 0 Å². The lowest BCUT2D eigenvalue weighted by Gasteiger charge is -2.34. The zero-order chi connectivity index (χ0) is 13.8. The molecule has 2 heterocycles. The lowest BCUT2D eigenvalue weighted by Crippen LogP contribution is -2.47. The van der Waals surface area contributed by atoms with Crippen molar-refractivity contribution in [2.45, 2.75) is 13.0 Å². The number of pyridine rings is 1. The fraction of sp³-hybridized carbons (Fsp3) is 0.615. The SMILES string of the molecule is CC(CN1CCN(C)CC1)Nc1ncc(Cl)cc1Br. The summed E-state index contributed by atoms with van der Waals surface area (Å²) in [6, 6.07) is 2.22. The number of rotatable bonds is 4. The number of nitrogens with one attached hydrogen (secondary N) is 1. The van der Waals surface area contributed by atoms with Gasteiger partial charge >= 0.3 is 0 Å². The van der Waals surface area contributed by atoms with Crippen LogP contribution >= 0.6 is 27.5 Å². The maximum Gasteiger partial charge on any atom is 0.140 e. The fourth-order valence-corrected chi connectivity index (χ4v) is 2.97. The van der Waals surface area contributed by atoms with Crippen molar-refractivity contribution in [2.24, 2.45) is 0 Å². The highest BCUT2D eigenvalue weighted by Gasteiger charge is 2.16. The first-order valence-corrected chi connectivity index (χ1v) is 7.70. The molecule has 1 fully saturated rings. The minimum Gasteiger partial charge on any atom is -0.365 e. The van der Waals surface area contributed by atoms with Gasteiger partial charge in [-0.05, 0) is 36.0 Å². The van der Waals surface area contributed by atoms with Gasteiger partial charge in [0.2, 0.25) is 0 Å². The second-order valence-corrected chi connectivity index (χ2v) is 6.42. The van der Waals surface area contributed by atoms with Crippen LogP contribution in [0.15, 0.2) is 16.7 Å². The second kappa shape index (κ2) is 6.88. The summed E-state index contributed by atoms with van der Waals surface area (Å²) in [4.78, 5) is 9.16. The Morgan fingerprint density at radius 2 is 2.11 bits per heavy atom. The van der Waals surface area contributed by atoms with E-state index in [2.05, 4.69) is 50.0 Å². The van der Waals surface area contributed by atoms with Crippen LogP contribution in [-0.2, 0) is 0 Å². The zero-order valence-electron chi connectivity index (χ0n) is 11.4. The predicted molar refractivity (Wildman–Crippen MR) is 84.0 cm³/mol. The molecule has 0 bridgehead atoms. The fourth-order valence-electron chi connectivity index (χ4n) is 2.22. The molecule has 1 unspecified atom stereocenters. The number of halogens is 2. The number of nitrogens with zero attached hydrogens (tertiary/aromatic N) is 3. The first-order chi connectivity index (χ1) is 9.04. The number of anilines is 1. The molecule has 1 atom stereocenters. The van der Waals surface area contributed by atoms with Gasteiger partial charge in [-0.2, -0.15) is 0 Å². The molecular weight excluding hydrogens is 328 g/mol. The molecular formula is C13H20BrClN4. The first kappa shape index (κ1) is 15.0. The Bertz CT molecular complexity index is 421. The maximum absolute atomic E-state index is 5.89. The van der Waals surface area contributed by atoms with Crippen molar-refractivity contribution in [3.8, 4) is 0 Å².